The summed E-state index contributed by atoms with van der Waals surface area (Å²) < 4.78 is 0. The Morgan fingerprint density at radius 1 is 1.36 bits per heavy atom. The molecule has 0 aromatic heterocycles. The molecule has 0 aliphatic rings. The van der Waals surface area contributed by atoms with Crippen molar-refractivity contribution in [2.45, 2.75) is 45.2 Å². The number of Topliss-reactive ketones (excluding diaryl/α,β-unsaturated/α-hetero) is 1. The maximum Gasteiger partial charge on any atom is 0.166 e. The lowest BCUT2D eigenvalue weighted by atomic mass is 9.99. The molecule has 3 heteroatoms. The zero-order valence-electron chi connectivity index (χ0n) is 7.39. The summed E-state index contributed by atoms with van der Waals surface area (Å²) >= 11 is 0. The van der Waals surface area contributed by atoms with Crippen LogP contribution in [-0.4, -0.2) is 11.4 Å². The average Bonchev–Trinajstić information content (AvgIpc) is 2.00. The van der Waals surface area contributed by atoms with Crippen LogP contribution < -0.4 is 11.5 Å². The highest BCUT2D eigenvalue weighted by atomic mass is 16.1. The summed E-state index contributed by atoms with van der Waals surface area (Å²) in [7, 11) is 0. The van der Waals surface area contributed by atoms with Crippen molar-refractivity contribution in [3.05, 3.63) is 0 Å². The van der Waals surface area contributed by atoms with Crippen LogP contribution in [0, 0.1) is 0 Å². The highest BCUT2D eigenvalue weighted by molar-refractivity contribution is 5.87. The molecule has 0 saturated carbocycles. The van der Waals surface area contributed by atoms with Gasteiger partial charge in [-0.25, -0.2) is 0 Å². The van der Waals surface area contributed by atoms with Crippen LogP contribution >= 0.6 is 0 Å². The number of hydrogen-bond acceptors (Lipinski definition) is 3. The van der Waals surface area contributed by atoms with Gasteiger partial charge in [-0.3, -0.25) is 4.79 Å². The monoisotopic (exact) mass is 158 g/mol. The number of ketones is 1. The molecule has 0 amide bonds. The lowest BCUT2D eigenvalue weighted by Gasteiger charge is -2.20. The van der Waals surface area contributed by atoms with E-state index in [1.165, 1.54) is 0 Å². The Kier molecular flexibility index (Phi) is 4.30. The fraction of sp³-hybridized carbons (Fsp3) is 0.875. The highest BCUT2D eigenvalue weighted by Crippen LogP contribution is 2.05. The van der Waals surface area contributed by atoms with Gasteiger partial charge in [-0.05, 0) is 12.8 Å². The molecule has 3 nitrogen and oxygen atoms in total. The summed E-state index contributed by atoms with van der Waals surface area (Å²) in [4.78, 5) is 11.2. The second-order valence-electron chi connectivity index (χ2n) is 2.92. The van der Waals surface area contributed by atoms with Gasteiger partial charge in [0, 0.05) is 6.42 Å². The van der Waals surface area contributed by atoms with Gasteiger partial charge in [0.1, 0.15) is 5.66 Å². The Morgan fingerprint density at radius 3 is 2.27 bits per heavy atom. The van der Waals surface area contributed by atoms with Crippen molar-refractivity contribution in [1.82, 2.24) is 0 Å². The van der Waals surface area contributed by atoms with E-state index in [1.54, 1.807) is 0 Å². The summed E-state index contributed by atoms with van der Waals surface area (Å²) in [6, 6.07) is 0. The van der Waals surface area contributed by atoms with Crippen molar-refractivity contribution in [2.75, 3.05) is 0 Å². The van der Waals surface area contributed by atoms with Crippen LogP contribution in [0.3, 0.4) is 0 Å². The van der Waals surface area contributed by atoms with E-state index in [1.807, 2.05) is 13.8 Å². The molecule has 66 valence electrons. The highest BCUT2D eigenvalue weighted by Gasteiger charge is 2.25. The van der Waals surface area contributed by atoms with E-state index in [0.717, 1.165) is 12.8 Å². The van der Waals surface area contributed by atoms with Crippen LogP contribution in [0.1, 0.15) is 39.5 Å². The van der Waals surface area contributed by atoms with Crippen molar-refractivity contribution in [3.8, 4) is 0 Å². The number of carbonyl (C=O) groups is 1. The average molecular weight is 158 g/mol. The predicted octanol–water partition coefficient (Wildman–Crippen LogP) is 0.769. The smallest absolute Gasteiger partial charge is 0.166 e. The van der Waals surface area contributed by atoms with E-state index in [2.05, 4.69) is 0 Å². The molecular weight excluding hydrogens is 140 g/mol. The van der Waals surface area contributed by atoms with Crippen molar-refractivity contribution in [1.29, 1.82) is 0 Å². The van der Waals surface area contributed by atoms with Crippen LogP contribution in [0.25, 0.3) is 0 Å². The third kappa shape index (κ3) is 3.49. The SMILES string of the molecule is CCCCC(=O)C(N)(N)CC. The number of hydrogen-bond donors (Lipinski definition) is 2. The summed E-state index contributed by atoms with van der Waals surface area (Å²) in [5.74, 6) is -0.0261. The molecule has 0 heterocycles. The lowest BCUT2D eigenvalue weighted by Crippen LogP contribution is -2.55. The third-order valence-corrected chi connectivity index (χ3v) is 1.86. The number of unbranched alkanes of at least 4 members (excludes halogenated alkanes) is 1. The van der Waals surface area contributed by atoms with Gasteiger partial charge in [0.15, 0.2) is 5.78 Å². The van der Waals surface area contributed by atoms with Crippen LogP contribution in [0.4, 0.5) is 0 Å². The molecule has 0 aromatic carbocycles. The molecular formula is C8H18N2O. The standard InChI is InChI=1S/C8H18N2O/c1-3-5-6-7(11)8(9,10)4-2/h3-6,9-10H2,1-2H3. The summed E-state index contributed by atoms with van der Waals surface area (Å²) in [5, 5.41) is 0. The van der Waals surface area contributed by atoms with Crippen LogP contribution in [0.5, 0.6) is 0 Å². The van der Waals surface area contributed by atoms with E-state index in [-0.39, 0.29) is 5.78 Å². The maximum atomic E-state index is 11.2. The number of rotatable bonds is 5. The fourth-order valence-electron chi connectivity index (χ4n) is 0.767. The minimum Gasteiger partial charge on any atom is -0.307 e. The van der Waals surface area contributed by atoms with Gasteiger partial charge in [-0.2, -0.15) is 0 Å². The number of carbonyl (C=O) groups excluding carboxylic acids is 1. The minimum absolute atomic E-state index is 0.0261. The summed E-state index contributed by atoms with van der Waals surface area (Å²) in [6.07, 6.45) is 2.91. The summed E-state index contributed by atoms with van der Waals surface area (Å²) in [6.45, 7) is 3.86. The van der Waals surface area contributed by atoms with Crippen LogP contribution in [0.15, 0.2) is 0 Å². The van der Waals surface area contributed by atoms with E-state index in [0.29, 0.717) is 12.8 Å². The molecule has 0 fully saturated rings. The number of nitrogens with two attached hydrogens (primary N) is 2. The minimum atomic E-state index is -1.09. The molecule has 0 aliphatic heterocycles. The van der Waals surface area contributed by atoms with E-state index >= 15 is 0 Å². The Hall–Kier alpha value is -0.410. The predicted molar refractivity (Wildman–Crippen MR) is 45.9 cm³/mol. The molecule has 0 spiro atoms. The third-order valence-electron chi connectivity index (χ3n) is 1.86. The lowest BCUT2D eigenvalue weighted by molar-refractivity contribution is -0.124. The fourth-order valence-corrected chi connectivity index (χ4v) is 0.767. The molecule has 0 aliphatic carbocycles. The molecule has 0 atom stereocenters. The van der Waals surface area contributed by atoms with Gasteiger partial charge in [0.2, 0.25) is 0 Å². The molecule has 11 heavy (non-hydrogen) atoms. The zero-order valence-corrected chi connectivity index (χ0v) is 7.39. The normalized spacial score (nSPS) is 11.6. The quantitative estimate of drug-likeness (QED) is 0.581. The second kappa shape index (κ2) is 4.46. The van der Waals surface area contributed by atoms with Crippen molar-refractivity contribution in [2.24, 2.45) is 11.5 Å². The van der Waals surface area contributed by atoms with E-state index in [4.69, 9.17) is 11.5 Å². The van der Waals surface area contributed by atoms with Gasteiger partial charge in [0.25, 0.3) is 0 Å². The van der Waals surface area contributed by atoms with Crippen molar-refractivity contribution in [3.63, 3.8) is 0 Å². The van der Waals surface area contributed by atoms with Crippen LogP contribution in [0.2, 0.25) is 0 Å². The first-order valence-electron chi connectivity index (χ1n) is 4.15. The molecule has 4 N–H and O–H groups in total. The van der Waals surface area contributed by atoms with E-state index in [9.17, 15) is 4.79 Å². The molecule has 0 saturated heterocycles. The van der Waals surface area contributed by atoms with Gasteiger partial charge < -0.3 is 11.5 Å². The topological polar surface area (TPSA) is 69.1 Å². The zero-order chi connectivity index (χ0) is 8.91. The first-order chi connectivity index (χ1) is 5.04. The Labute approximate surface area is 68.1 Å². The van der Waals surface area contributed by atoms with Gasteiger partial charge >= 0.3 is 0 Å². The molecule has 0 bridgehead atoms. The largest absolute Gasteiger partial charge is 0.307 e. The Morgan fingerprint density at radius 2 is 1.91 bits per heavy atom. The van der Waals surface area contributed by atoms with Gasteiger partial charge in [-0.1, -0.05) is 20.3 Å². The maximum absolute atomic E-state index is 11.2. The van der Waals surface area contributed by atoms with Crippen LogP contribution in [-0.2, 0) is 4.79 Å². The van der Waals surface area contributed by atoms with Crippen molar-refractivity contribution < 1.29 is 4.79 Å². The second-order valence-corrected chi connectivity index (χ2v) is 2.92. The molecule has 0 rings (SSSR count). The first kappa shape index (κ1) is 10.6. The molecule has 0 unspecified atom stereocenters. The molecule has 0 radical (unpaired) electrons. The summed E-state index contributed by atoms with van der Waals surface area (Å²) in [5.41, 5.74) is 9.97. The molecule has 0 aromatic rings. The first-order valence-corrected chi connectivity index (χ1v) is 4.15. The Bertz CT molecular complexity index is 132. The van der Waals surface area contributed by atoms with Gasteiger partial charge in [0.05, 0.1) is 0 Å². The van der Waals surface area contributed by atoms with Crippen molar-refractivity contribution >= 4 is 5.78 Å². The van der Waals surface area contributed by atoms with E-state index < -0.39 is 5.66 Å². The Balaban J connectivity index is 3.82. The van der Waals surface area contributed by atoms with Gasteiger partial charge in [-0.15, -0.1) is 0 Å².